The molecule has 178 valence electrons. The molecule has 0 bridgehead atoms. The van der Waals surface area contributed by atoms with E-state index in [1.165, 1.54) is 0 Å². The second-order valence-corrected chi connectivity index (χ2v) is 8.02. The van der Waals surface area contributed by atoms with Crippen LogP contribution in [0.5, 0.6) is 5.75 Å². The summed E-state index contributed by atoms with van der Waals surface area (Å²) < 4.78 is 5.12. The molecule has 8 nitrogen and oxygen atoms in total. The second kappa shape index (κ2) is 10.0. The number of nitrogens with zero attached hydrogens (tertiary/aromatic N) is 1. The molecule has 0 saturated heterocycles. The third-order valence-electron chi connectivity index (χ3n) is 5.56. The van der Waals surface area contributed by atoms with Gasteiger partial charge in [-0.15, -0.1) is 0 Å². The number of aromatic nitrogens is 2. The van der Waals surface area contributed by atoms with Gasteiger partial charge >= 0.3 is 6.03 Å². The van der Waals surface area contributed by atoms with Crippen molar-refractivity contribution in [3.05, 3.63) is 103 Å². The van der Waals surface area contributed by atoms with Crippen molar-refractivity contribution < 1.29 is 14.3 Å². The number of methoxy groups -OCH3 is 1. The van der Waals surface area contributed by atoms with Crippen LogP contribution >= 0.6 is 0 Å². The summed E-state index contributed by atoms with van der Waals surface area (Å²) in [5.41, 5.74) is 5.12. The van der Waals surface area contributed by atoms with Crippen LogP contribution in [0.25, 0.3) is 22.4 Å². The minimum Gasteiger partial charge on any atom is -0.497 e. The molecule has 8 heteroatoms. The van der Waals surface area contributed by atoms with E-state index in [9.17, 15) is 9.59 Å². The average molecular weight is 478 g/mol. The maximum Gasteiger partial charge on any atom is 0.323 e. The first-order valence-electron chi connectivity index (χ1n) is 11.3. The first-order valence-corrected chi connectivity index (χ1v) is 11.3. The zero-order chi connectivity index (χ0) is 24.9. The lowest BCUT2D eigenvalue weighted by Crippen LogP contribution is -2.19. The van der Waals surface area contributed by atoms with Crippen LogP contribution in [0.3, 0.4) is 0 Å². The Morgan fingerprint density at radius 3 is 1.94 bits per heavy atom. The molecule has 0 aliphatic carbocycles. The van der Waals surface area contributed by atoms with Gasteiger partial charge in [0.2, 0.25) is 0 Å². The van der Waals surface area contributed by atoms with E-state index in [1.54, 1.807) is 55.6 Å². The Morgan fingerprint density at radius 2 is 1.31 bits per heavy atom. The normalized spacial score (nSPS) is 10.6. The Kier molecular flexibility index (Phi) is 6.31. The van der Waals surface area contributed by atoms with Crippen molar-refractivity contribution in [2.45, 2.75) is 0 Å². The van der Waals surface area contributed by atoms with Crippen LogP contribution < -0.4 is 20.7 Å². The number of para-hydroxylation sites is 2. The molecule has 4 N–H and O–H groups in total. The van der Waals surface area contributed by atoms with E-state index in [0.29, 0.717) is 28.4 Å². The first-order chi connectivity index (χ1) is 17.6. The van der Waals surface area contributed by atoms with Gasteiger partial charge in [-0.1, -0.05) is 12.1 Å². The minimum absolute atomic E-state index is 0.249. The fourth-order valence-corrected chi connectivity index (χ4v) is 3.68. The smallest absolute Gasteiger partial charge is 0.323 e. The summed E-state index contributed by atoms with van der Waals surface area (Å²) in [6.07, 6.45) is 0. The molecular weight excluding hydrogens is 454 g/mol. The fraction of sp³-hybridized carbons (Fsp3) is 0.0357. The largest absolute Gasteiger partial charge is 0.497 e. The Morgan fingerprint density at radius 1 is 0.722 bits per heavy atom. The summed E-state index contributed by atoms with van der Waals surface area (Å²) >= 11 is 0. The highest BCUT2D eigenvalue weighted by Gasteiger charge is 2.09. The molecule has 5 aromatic rings. The van der Waals surface area contributed by atoms with E-state index >= 15 is 0 Å². The molecule has 0 radical (unpaired) electrons. The Hall–Kier alpha value is -5.11. The SMILES string of the molecule is COc1ccc(NC(=O)c2ccc(NC(=O)Nc3ccc(-c4nc5ccccc5[nH]4)cc3)cc2)cc1. The summed E-state index contributed by atoms with van der Waals surface area (Å²) in [7, 11) is 1.59. The summed E-state index contributed by atoms with van der Waals surface area (Å²) in [6, 6.07) is 28.6. The minimum atomic E-state index is -0.387. The maximum absolute atomic E-state index is 12.5. The standard InChI is InChI=1S/C28H23N5O3/c1-36-23-16-14-20(15-17-23)29-27(34)19-8-12-22(13-9-19)31-28(35)30-21-10-6-18(7-11-21)26-32-24-4-2-3-5-25(24)33-26/h2-17H,1H3,(H,29,34)(H,32,33)(H2,30,31,35). The van der Waals surface area contributed by atoms with Crippen molar-refractivity contribution >= 4 is 40.0 Å². The van der Waals surface area contributed by atoms with Gasteiger partial charge in [-0.05, 0) is 84.9 Å². The lowest BCUT2D eigenvalue weighted by atomic mass is 10.2. The number of carbonyl (C=O) groups excluding carboxylic acids is 2. The van der Waals surface area contributed by atoms with Gasteiger partial charge in [0, 0.05) is 28.2 Å². The molecule has 0 aliphatic rings. The molecule has 0 unspecified atom stereocenters. The van der Waals surface area contributed by atoms with Gasteiger partial charge in [-0.2, -0.15) is 0 Å². The lowest BCUT2D eigenvalue weighted by Gasteiger charge is -2.09. The van der Waals surface area contributed by atoms with E-state index in [2.05, 4.69) is 25.9 Å². The van der Waals surface area contributed by atoms with Gasteiger partial charge in [0.1, 0.15) is 11.6 Å². The van der Waals surface area contributed by atoms with Crippen LogP contribution in [0.1, 0.15) is 10.4 Å². The van der Waals surface area contributed by atoms with E-state index in [1.807, 2.05) is 48.5 Å². The van der Waals surface area contributed by atoms with Crippen molar-refractivity contribution in [1.29, 1.82) is 0 Å². The predicted octanol–water partition coefficient (Wildman–Crippen LogP) is 6.13. The van der Waals surface area contributed by atoms with Crippen molar-refractivity contribution in [3.63, 3.8) is 0 Å². The highest BCUT2D eigenvalue weighted by molar-refractivity contribution is 6.05. The quantitative estimate of drug-likeness (QED) is 0.236. The summed E-state index contributed by atoms with van der Waals surface area (Å²) in [4.78, 5) is 32.8. The molecule has 5 rings (SSSR count). The number of nitrogens with one attached hydrogen (secondary N) is 4. The molecule has 1 heterocycles. The zero-order valence-electron chi connectivity index (χ0n) is 19.4. The van der Waals surface area contributed by atoms with Gasteiger partial charge in [-0.3, -0.25) is 4.79 Å². The Balaban J connectivity index is 1.16. The van der Waals surface area contributed by atoms with Gasteiger partial charge in [-0.25, -0.2) is 9.78 Å². The number of fused-ring (bicyclic) bond motifs is 1. The third kappa shape index (κ3) is 5.18. The lowest BCUT2D eigenvalue weighted by molar-refractivity contribution is 0.102. The number of benzene rings is 4. The van der Waals surface area contributed by atoms with E-state index in [4.69, 9.17) is 4.74 Å². The number of urea groups is 1. The van der Waals surface area contributed by atoms with Gasteiger partial charge in [0.25, 0.3) is 5.91 Å². The molecule has 1 aromatic heterocycles. The monoisotopic (exact) mass is 477 g/mol. The Labute approximate surface area is 207 Å². The number of hydrogen-bond acceptors (Lipinski definition) is 4. The average Bonchev–Trinajstić information content (AvgIpc) is 3.34. The zero-order valence-corrected chi connectivity index (χ0v) is 19.4. The van der Waals surface area contributed by atoms with Crippen LogP contribution in [0.15, 0.2) is 97.1 Å². The number of imidazole rings is 1. The van der Waals surface area contributed by atoms with Crippen molar-refractivity contribution in [1.82, 2.24) is 9.97 Å². The van der Waals surface area contributed by atoms with Crippen molar-refractivity contribution in [3.8, 4) is 17.1 Å². The molecule has 36 heavy (non-hydrogen) atoms. The van der Waals surface area contributed by atoms with Crippen LogP contribution in [0.4, 0.5) is 21.9 Å². The number of aromatic amines is 1. The summed E-state index contributed by atoms with van der Waals surface area (Å²) in [6.45, 7) is 0. The van der Waals surface area contributed by atoms with Gasteiger partial charge < -0.3 is 25.7 Å². The number of rotatable bonds is 6. The third-order valence-corrected chi connectivity index (χ3v) is 5.56. The highest BCUT2D eigenvalue weighted by atomic mass is 16.5. The molecule has 0 spiro atoms. The molecule has 3 amide bonds. The summed E-state index contributed by atoms with van der Waals surface area (Å²) in [5, 5.41) is 8.40. The number of hydrogen-bond donors (Lipinski definition) is 4. The summed E-state index contributed by atoms with van der Waals surface area (Å²) in [5.74, 6) is 1.23. The van der Waals surface area contributed by atoms with E-state index in [-0.39, 0.29) is 11.9 Å². The van der Waals surface area contributed by atoms with Crippen LogP contribution in [0, 0.1) is 0 Å². The molecule has 0 atom stereocenters. The van der Waals surface area contributed by atoms with Gasteiger partial charge in [0.15, 0.2) is 0 Å². The second-order valence-electron chi connectivity index (χ2n) is 8.02. The number of carbonyl (C=O) groups is 2. The number of amides is 3. The number of anilines is 3. The van der Waals surface area contributed by atoms with E-state index in [0.717, 1.165) is 22.4 Å². The molecule has 0 fully saturated rings. The van der Waals surface area contributed by atoms with Crippen LogP contribution in [0.2, 0.25) is 0 Å². The van der Waals surface area contributed by atoms with Crippen molar-refractivity contribution in [2.75, 3.05) is 23.1 Å². The molecule has 4 aromatic carbocycles. The topological polar surface area (TPSA) is 108 Å². The fourth-order valence-electron chi connectivity index (χ4n) is 3.68. The van der Waals surface area contributed by atoms with E-state index < -0.39 is 0 Å². The van der Waals surface area contributed by atoms with Crippen molar-refractivity contribution in [2.24, 2.45) is 0 Å². The first kappa shape index (κ1) is 22.7. The highest BCUT2D eigenvalue weighted by Crippen LogP contribution is 2.22. The molecule has 0 saturated carbocycles. The van der Waals surface area contributed by atoms with Gasteiger partial charge in [0.05, 0.1) is 18.1 Å². The number of ether oxygens (including phenoxy) is 1. The van der Waals surface area contributed by atoms with Crippen LogP contribution in [-0.2, 0) is 0 Å². The molecule has 0 aliphatic heterocycles. The molecular formula is C28H23N5O3. The maximum atomic E-state index is 12.5. The van der Waals surface area contributed by atoms with Crippen LogP contribution in [-0.4, -0.2) is 29.0 Å². The Bertz CT molecular complexity index is 1480. The predicted molar refractivity (Wildman–Crippen MR) is 142 cm³/mol. The number of H-pyrrole nitrogens is 1.